The summed E-state index contributed by atoms with van der Waals surface area (Å²) in [4.78, 5) is 23.9. The van der Waals surface area contributed by atoms with Crippen LogP contribution in [-0.2, 0) is 0 Å². The minimum absolute atomic E-state index is 0.156. The van der Waals surface area contributed by atoms with E-state index in [0.717, 1.165) is 5.39 Å². The maximum Gasteiger partial charge on any atom is 0.336 e. The predicted octanol–water partition coefficient (Wildman–Crippen LogP) is 4.31. The van der Waals surface area contributed by atoms with Crippen LogP contribution in [0.25, 0.3) is 33.1 Å². The normalized spacial score (nSPS) is 11.0. The lowest BCUT2D eigenvalue weighted by molar-refractivity contribution is 0.0699. The van der Waals surface area contributed by atoms with Crippen LogP contribution in [0.5, 0.6) is 0 Å². The van der Waals surface area contributed by atoms with Crippen molar-refractivity contribution in [1.29, 1.82) is 0 Å². The van der Waals surface area contributed by atoms with Gasteiger partial charge in [0.2, 0.25) is 0 Å². The molecule has 0 aliphatic heterocycles. The number of fused-ring (bicyclic) bond motifs is 2. The van der Waals surface area contributed by atoms with Crippen molar-refractivity contribution in [2.24, 2.45) is 0 Å². The van der Waals surface area contributed by atoms with Gasteiger partial charge in [0.25, 0.3) is 0 Å². The van der Waals surface area contributed by atoms with Gasteiger partial charge in [-0.3, -0.25) is 4.79 Å². The molecule has 1 N–H and O–H groups in total. The maximum atomic E-state index is 12.4. The first kappa shape index (κ1) is 14.2. The number of para-hydroxylation sites is 1. The van der Waals surface area contributed by atoms with Gasteiger partial charge < -0.3 is 9.52 Å². The molecule has 3 aromatic carbocycles. The lowest BCUT2D eigenvalue weighted by Crippen LogP contribution is -2.02. The SMILES string of the molecule is O=C(O)c1cccc2cccc(-c3cc(=O)c4ccccc4o3)c12. The largest absolute Gasteiger partial charge is 0.478 e. The zero-order valence-corrected chi connectivity index (χ0v) is 12.5. The standard InChI is InChI=1S/C20H12O4/c21-16-11-18(24-17-10-2-1-7-13(16)17)14-8-3-5-12-6-4-9-15(19(12)14)20(22)23/h1-11H,(H,22,23). The van der Waals surface area contributed by atoms with Crippen molar-refractivity contribution < 1.29 is 14.3 Å². The van der Waals surface area contributed by atoms with Crippen molar-refractivity contribution >= 4 is 27.7 Å². The van der Waals surface area contributed by atoms with E-state index in [1.165, 1.54) is 6.07 Å². The lowest BCUT2D eigenvalue weighted by atomic mass is 9.97. The summed E-state index contributed by atoms with van der Waals surface area (Å²) in [5, 5.41) is 11.3. The topological polar surface area (TPSA) is 67.5 Å². The monoisotopic (exact) mass is 316 g/mol. The van der Waals surface area contributed by atoms with E-state index in [2.05, 4.69) is 0 Å². The van der Waals surface area contributed by atoms with Crippen molar-refractivity contribution in [1.82, 2.24) is 0 Å². The molecule has 0 fully saturated rings. The fourth-order valence-electron chi connectivity index (χ4n) is 2.96. The molecule has 4 rings (SSSR count). The Morgan fingerprint density at radius 1 is 0.917 bits per heavy atom. The van der Waals surface area contributed by atoms with Crippen LogP contribution in [0, 0.1) is 0 Å². The fourth-order valence-corrected chi connectivity index (χ4v) is 2.96. The predicted molar refractivity (Wildman–Crippen MR) is 92.4 cm³/mol. The van der Waals surface area contributed by atoms with Crippen LogP contribution in [-0.4, -0.2) is 11.1 Å². The Balaban J connectivity index is 2.11. The van der Waals surface area contributed by atoms with E-state index in [1.807, 2.05) is 18.2 Å². The lowest BCUT2D eigenvalue weighted by Gasteiger charge is -2.09. The Kier molecular flexibility index (Phi) is 3.17. The van der Waals surface area contributed by atoms with Crippen LogP contribution in [0.4, 0.5) is 0 Å². The molecule has 0 saturated carbocycles. The first-order valence-electron chi connectivity index (χ1n) is 7.43. The summed E-state index contributed by atoms with van der Waals surface area (Å²) in [7, 11) is 0. The summed E-state index contributed by atoms with van der Waals surface area (Å²) >= 11 is 0. The second kappa shape index (κ2) is 5.35. The van der Waals surface area contributed by atoms with Crippen molar-refractivity contribution in [3.63, 3.8) is 0 Å². The molecule has 0 unspecified atom stereocenters. The number of carbonyl (C=O) groups is 1. The van der Waals surface area contributed by atoms with E-state index in [9.17, 15) is 14.7 Å². The number of carboxylic acid groups (broad SMARTS) is 1. The van der Waals surface area contributed by atoms with Crippen LogP contribution < -0.4 is 5.43 Å². The molecule has 0 radical (unpaired) electrons. The second-order valence-corrected chi connectivity index (χ2v) is 5.49. The van der Waals surface area contributed by atoms with E-state index < -0.39 is 5.97 Å². The van der Waals surface area contributed by atoms with E-state index >= 15 is 0 Å². The molecule has 0 amide bonds. The fraction of sp³-hybridized carbons (Fsp3) is 0. The van der Waals surface area contributed by atoms with E-state index in [-0.39, 0.29) is 11.0 Å². The van der Waals surface area contributed by atoms with Gasteiger partial charge in [0, 0.05) is 17.0 Å². The summed E-state index contributed by atoms with van der Waals surface area (Å²) < 4.78 is 5.88. The smallest absolute Gasteiger partial charge is 0.336 e. The van der Waals surface area contributed by atoms with Gasteiger partial charge in [0.1, 0.15) is 11.3 Å². The molecule has 0 spiro atoms. The van der Waals surface area contributed by atoms with E-state index in [0.29, 0.717) is 27.7 Å². The van der Waals surface area contributed by atoms with E-state index in [4.69, 9.17) is 4.42 Å². The van der Waals surface area contributed by atoms with E-state index in [1.54, 1.807) is 42.5 Å². The van der Waals surface area contributed by atoms with Gasteiger partial charge >= 0.3 is 5.97 Å². The molecule has 1 aromatic heterocycles. The molecule has 24 heavy (non-hydrogen) atoms. The molecule has 4 heteroatoms. The highest BCUT2D eigenvalue weighted by molar-refractivity contribution is 6.09. The highest BCUT2D eigenvalue weighted by atomic mass is 16.4. The average Bonchev–Trinajstić information content (AvgIpc) is 2.60. The molecule has 116 valence electrons. The summed E-state index contributed by atoms with van der Waals surface area (Å²) in [5.74, 6) is -0.658. The Bertz CT molecular complexity index is 1150. The third kappa shape index (κ3) is 2.16. The van der Waals surface area contributed by atoms with Gasteiger partial charge in [0.05, 0.1) is 10.9 Å². The second-order valence-electron chi connectivity index (χ2n) is 5.49. The van der Waals surface area contributed by atoms with Gasteiger partial charge in [-0.1, -0.05) is 42.5 Å². The molecule has 0 atom stereocenters. The average molecular weight is 316 g/mol. The number of rotatable bonds is 2. The van der Waals surface area contributed by atoms with Crippen LogP contribution in [0.15, 0.2) is 75.9 Å². The minimum atomic E-state index is -1.02. The van der Waals surface area contributed by atoms with Crippen LogP contribution in [0.3, 0.4) is 0 Å². The first-order valence-corrected chi connectivity index (χ1v) is 7.43. The van der Waals surface area contributed by atoms with Gasteiger partial charge in [-0.05, 0) is 23.6 Å². The third-order valence-electron chi connectivity index (χ3n) is 4.04. The zero-order chi connectivity index (χ0) is 16.7. The van der Waals surface area contributed by atoms with Gasteiger partial charge in [-0.25, -0.2) is 4.79 Å². The van der Waals surface area contributed by atoms with Gasteiger partial charge in [0.15, 0.2) is 5.43 Å². The summed E-state index contributed by atoms with van der Waals surface area (Å²) in [6.07, 6.45) is 0. The Labute approximate surface area is 136 Å². The summed E-state index contributed by atoms with van der Waals surface area (Å²) in [5.41, 5.74) is 1.09. The number of hydrogen-bond acceptors (Lipinski definition) is 3. The van der Waals surface area contributed by atoms with Crippen LogP contribution in [0.1, 0.15) is 10.4 Å². The van der Waals surface area contributed by atoms with Crippen molar-refractivity contribution in [3.8, 4) is 11.3 Å². The molecular formula is C20H12O4. The molecule has 0 aliphatic carbocycles. The molecule has 4 aromatic rings. The minimum Gasteiger partial charge on any atom is -0.478 e. The maximum absolute atomic E-state index is 12.4. The van der Waals surface area contributed by atoms with Gasteiger partial charge in [-0.15, -0.1) is 0 Å². The summed E-state index contributed by atoms with van der Waals surface area (Å²) in [6, 6.07) is 18.9. The number of aromatic carboxylic acids is 1. The molecule has 4 nitrogen and oxygen atoms in total. The third-order valence-corrected chi connectivity index (χ3v) is 4.04. The quantitative estimate of drug-likeness (QED) is 0.598. The van der Waals surface area contributed by atoms with Crippen molar-refractivity contribution in [2.75, 3.05) is 0 Å². The molecule has 0 aliphatic rings. The zero-order valence-electron chi connectivity index (χ0n) is 12.5. The van der Waals surface area contributed by atoms with Gasteiger partial charge in [-0.2, -0.15) is 0 Å². The number of carboxylic acids is 1. The summed E-state index contributed by atoms with van der Waals surface area (Å²) in [6.45, 7) is 0. The number of benzene rings is 3. The molecule has 0 bridgehead atoms. The van der Waals surface area contributed by atoms with Crippen LogP contribution >= 0.6 is 0 Å². The highest BCUT2D eigenvalue weighted by Crippen LogP contribution is 2.32. The van der Waals surface area contributed by atoms with Crippen molar-refractivity contribution in [2.45, 2.75) is 0 Å². The molecule has 0 saturated heterocycles. The molecular weight excluding hydrogens is 304 g/mol. The van der Waals surface area contributed by atoms with Crippen molar-refractivity contribution in [3.05, 3.63) is 82.5 Å². The highest BCUT2D eigenvalue weighted by Gasteiger charge is 2.15. The molecule has 1 heterocycles. The van der Waals surface area contributed by atoms with Crippen LogP contribution in [0.2, 0.25) is 0 Å². The Morgan fingerprint density at radius 3 is 2.46 bits per heavy atom. The number of hydrogen-bond donors (Lipinski definition) is 1. The Hall–Kier alpha value is -3.40. The first-order chi connectivity index (χ1) is 11.6. The Morgan fingerprint density at radius 2 is 1.67 bits per heavy atom.